The van der Waals surface area contributed by atoms with E-state index in [9.17, 15) is 14.9 Å². The first-order valence-corrected chi connectivity index (χ1v) is 13.2. The maximum absolute atomic E-state index is 13.9. The Kier molecular flexibility index (Phi) is 7.31. The second kappa shape index (κ2) is 10.8. The molecule has 7 nitrogen and oxygen atoms in total. The number of aromatic nitrogens is 1. The van der Waals surface area contributed by atoms with E-state index >= 15 is 0 Å². The van der Waals surface area contributed by atoms with E-state index in [-0.39, 0.29) is 17.0 Å². The fourth-order valence-electron chi connectivity index (χ4n) is 4.34. The van der Waals surface area contributed by atoms with Crippen LogP contribution in [-0.2, 0) is 4.79 Å². The number of amides is 1. The molecule has 5 rings (SSSR count). The van der Waals surface area contributed by atoms with Crippen LogP contribution in [0.1, 0.15) is 17.0 Å². The molecule has 1 unspecified atom stereocenters. The molecule has 10 heteroatoms. The number of ether oxygens (including phenoxy) is 1. The highest BCUT2D eigenvalue weighted by Crippen LogP contribution is 2.37. The molecular weight excluding hydrogens is 555 g/mol. The average molecular weight is 575 g/mol. The van der Waals surface area contributed by atoms with E-state index in [0.717, 1.165) is 16.9 Å². The number of hydrogen-bond donors (Lipinski definition) is 2. The normalized spacial score (nSPS) is 15.1. The summed E-state index contributed by atoms with van der Waals surface area (Å²) in [5.41, 5.74) is 8.21. The van der Waals surface area contributed by atoms with Gasteiger partial charge in [-0.15, -0.1) is 11.3 Å². The lowest BCUT2D eigenvalue weighted by Crippen LogP contribution is -2.40. The minimum atomic E-state index is -0.827. The predicted molar refractivity (Wildman–Crippen MR) is 155 cm³/mol. The molecule has 0 aliphatic carbocycles. The number of nitriles is 1. The van der Waals surface area contributed by atoms with Gasteiger partial charge in [0.25, 0.3) is 11.5 Å². The van der Waals surface area contributed by atoms with Crippen LogP contribution >= 0.6 is 34.5 Å². The summed E-state index contributed by atoms with van der Waals surface area (Å²) in [5.74, 6) is -0.694. The Labute approximate surface area is 237 Å². The summed E-state index contributed by atoms with van der Waals surface area (Å²) in [7, 11) is 1.55. The van der Waals surface area contributed by atoms with E-state index in [2.05, 4.69) is 11.4 Å². The number of allylic oxidation sites excluding steroid dienone is 1. The molecule has 1 aromatic heterocycles. The number of anilines is 1. The maximum atomic E-state index is 13.9. The van der Waals surface area contributed by atoms with Crippen molar-refractivity contribution in [2.45, 2.75) is 5.92 Å². The number of rotatable bonds is 5. The molecule has 1 aliphatic rings. The molecule has 0 bridgehead atoms. The van der Waals surface area contributed by atoms with Crippen LogP contribution in [0.2, 0.25) is 10.0 Å². The first-order valence-electron chi connectivity index (χ1n) is 11.6. The van der Waals surface area contributed by atoms with Crippen LogP contribution < -0.4 is 30.5 Å². The van der Waals surface area contributed by atoms with Crippen molar-refractivity contribution in [3.63, 3.8) is 0 Å². The minimum Gasteiger partial charge on any atom is -0.497 e. The Morgan fingerprint density at radius 1 is 1.05 bits per heavy atom. The molecule has 4 aromatic rings. The highest BCUT2D eigenvalue weighted by Gasteiger charge is 2.35. The highest BCUT2D eigenvalue weighted by molar-refractivity contribution is 7.07. The molecule has 1 atom stereocenters. The molecule has 2 heterocycles. The Morgan fingerprint density at radius 3 is 2.26 bits per heavy atom. The number of halogens is 2. The first kappa shape index (κ1) is 26.3. The Bertz CT molecular complexity index is 1830. The van der Waals surface area contributed by atoms with E-state index in [1.165, 1.54) is 4.57 Å². The average Bonchev–Trinajstić information content (AvgIpc) is 3.26. The summed E-state index contributed by atoms with van der Waals surface area (Å²) in [6.07, 6.45) is 1.70. The van der Waals surface area contributed by atoms with Crippen LogP contribution in [0, 0.1) is 11.3 Å². The van der Waals surface area contributed by atoms with Gasteiger partial charge in [0.2, 0.25) is 0 Å². The van der Waals surface area contributed by atoms with Crippen molar-refractivity contribution in [1.29, 1.82) is 5.26 Å². The number of thiazole rings is 1. The molecular formula is C29H20Cl2N4O3S. The zero-order valence-corrected chi connectivity index (χ0v) is 22.8. The SMILES string of the molecule is COc1ccc(NC(=O)C2=c3s/c(=C\c4ccc(Cl)cc4)c(=O)n3C(N)=C(C#N)C2c2ccc(Cl)cc2)cc1. The number of benzene rings is 3. The molecule has 0 fully saturated rings. The lowest BCUT2D eigenvalue weighted by molar-refractivity contribution is -0.111. The number of nitrogens with two attached hydrogens (primary N) is 1. The van der Waals surface area contributed by atoms with Gasteiger partial charge >= 0.3 is 0 Å². The number of hydrogen-bond acceptors (Lipinski definition) is 6. The zero-order chi connectivity index (χ0) is 27.7. The Balaban J connectivity index is 1.77. The van der Waals surface area contributed by atoms with Gasteiger partial charge in [0.05, 0.1) is 34.8 Å². The van der Waals surface area contributed by atoms with E-state index in [1.807, 2.05) is 0 Å². The van der Waals surface area contributed by atoms with Crippen molar-refractivity contribution >= 4 is 63.6 Å². The summed E-state index contributed by atoms with van der Waals surface area (Å²) in [6.45, 7) is 0. The van der Waals surface area contributed by atoms with Crippen molar-refractivity contribution < 1.29 is 9.53 Å². The molecule has 0 radical (unpaired) electrons. The molecule has 0 saturated carbocycles. The number of fused-ring (bicyclic) bond motifs is 1. The van der Waals surface area contributed by atoms with Crippen LogP contribution in [-0.4, -0.2) is 17.6 Å². The van der Waals surface area contributed by atoms with Crippen molar-refractivity contribution in [1.82, 2.24) is 4.57 Å². The van der Waals surface area contributed by atoms with E-state index in [4.69, 9.17) is 33.7 Å². The van der Waals surface area contributed by atoms with Crippen LogP contribution in [0.5, 0.6) is 5.75 Å². The van der Waals surface area contributed by atoms with Gasteiger partial charge in [0, 0.05) is 15.7 Å². The second-order valence-electron chi connectivity index (χ2n) is 8.60. The van der Waals surface area contributed by atoms with Crippen molar-refractivity contribution in [2.75, 3.05) is 12.4 Å². The van der Waals surface area contributed by atoms with Crippen LogP contribution in [0.3, 0.4) is 0 Å². The maximum Gasteiger partial charge on any atom is 0.274 e. The highest BCUT2D eigenvalue weighted by atomic mass is 35.5. The first-order chi connectivity index (χ1) is 18.8. The number of methoxy groups -OCH3 is 1. The van der Waals surface area contributed by atoms with Gasteiger partial charge in [0.1, 0.15) is 16.2 Å². The number of nitrogens with one attached hydrogen (secondary N) is 1. The summed E-state index contributed by atoms with van der Waals surface area (Å²) in [6, 6.07) is 22.8. The predicted octanol–water partition coefficient (Wildman–Crippen LogP) is 4.29. The topological polar surface area (TPSA) is 110 Å². The third-order valence-corrected chi connectivity index (χ3v) is 7.84. The quantitative estimate of drug-likeness (QED) is 0.369. The standard InChI is InChI=1S/C29H20Cl2N4O3S/c1-38-21-12-10-20(11-13-21)34-27(36)25-24(17-4-8-19(31)9-5-17)22(15-32)26(33)35-28(37)23(39-29(25)35)14-16-2-6-18(30)7-3-16/h2-14,24H,33H2,1H3,(H,34,36)/b23-14-. The zero-order valence-electron chi connectivity index (χ0n) is 20.4. The van der Waals surface area contributed by atoms with E-state index < -0.39 is 17.4 Å². The summed E-state index contributed by atoms with van der Waals surface area (Å²) in [5, 5.41) is 14.1. The molecule has 0 saturated heterocycles. The van der Waals surface area contributed by atoms with Gasteiger partial charge in [-0.2, -0.15) is 5.26 Å². The Morgan fingerprint density at radius 2 is 1.67 bits per heavy atom. The minimum absolute atomic E-state index is 0.0227. The van der Waals surface area contributed by atoms with Gasteiger partial charge in [-0.25, -0.2) is 0 Å². The summed E-state index contributed by atoms with van der Waals surface area (Å²) in [4.78, 5) is 27.5. The number of carbonyl (C=O) groups excluding carboxylic acids is 1. The number of carbonyl (C=O) groups is 1. The van der Waals surface area contributed by atoms with Crippen molar-refractivity contribution in [3.05, 3.63) is 119 Å². The fourth-order valence-corrected chi connectivity index (χ4v) is 5.77. The van der Waals surface area contributed by atoms with Gasteiger partial charge in [-0.05, 0) is 65.7 Å². The van der Waals surface area contributed by atoms with Gasteiger partial charge in [-0.3, -0.25) is 14.2 Å². The summed E-state index contributed by atoms with van der Waals surface area (Å²) < 4.78 is 7.12. The van der Waals surface area contributed by atoms with Crippen LogP contribution in [0.4, 0.5) is 5.69 Å². The van der Waals surface area contributed by atoms with Crippen molar-refractivity contribution in [2.24, 2.45) is 5.73 Å². The van der Waals surface area contributed by atoms with Crippen LogP contribution in [0.25, 0.3) is 17.5 Å². The number of nitrogens with zero attached hydrogens (tertiary/aromatic N) is 2. The van der Waals surface area contributed by atoms with Gasteiger partial charge in [0.15, 0.2) is 0 Å². The lowest BCUT2D eigenvalue weighted by Gasteiger charge is -2.25. The van der Waals surface area contributed by atoms with E-state index in [1.54, 1.807) is 86.0 Å². The molecule has 1 aliphatic heterocycles. The van der Waals surface area contributed by atoms with E-state index in [0.29, 0.717) is 36.2 Å². The third-order valence-electron chi connectivity index (χ3n) is 6.23. The van der Waals surface area contributed by atoms with Crippen molar-refractivity contribution in [3.8, 4) is 11.8 Å². The fraction of sp³-hybridized carbons (Fsp3) is 0.0690. The lowest BCUT2D eigenvalue weighted by atomic mass is 9.83. The molecule has 39 heavy (non-hydrogen) atoms. The molecule has 194 valence electrons. The Hall–Kier alpha value is -4.29. The summed E-state index contributed by atoms with van der Waals surface area (Å²) >= 11 is 13.3. The smallest absolute Gasteiger partial charge is 0.274 e. The second-order valence-corrected chi connectivity index (χ2v) is 10.5. The molecule has 3 N–H and O–H groups in total. The van der Waals surface area contributed by atoms with Gasteiger partial charge in [-0.1, -0.05) is 47.5 Å². The van der Waals surface area contributed by atoms with Gasteiger partial charge < -0.3 is 15.8 Å². The van der Waals surface area contributed by atoms with Crippen LogP contribution in [0.15, 0.2) is 83.2 Å². The molecule has 1 amide bonds. The molecule has 3 aromatic carbocycles. The monoisotopic (exact) mass is 574 g/mol. The molecule has 0 spiro atoms. The third kappa shape index (κ3) is 5.08. The largest absolute Gasteiger partial charge is 0.497 e.